The number of carbonyl (C=O) groups is 2. The van der Waals surface area contributed by atoms with Gasteiger partial charge in [-0.25, -0.2) is 4.98 Å². The van der Waals surface area contributed by atoms with Crippen LogP contribution < -0.4 is 10.2 Å². The van der Waals surface area contributed by atoms with Gasteiger partial charge in [0.05, 0.1) is 12.3 Å². The molecular weight excluding hydrogens is 356 g/mol. The molecule has 4 rings (SSSR count). The maximum atomic E-state index is 13.4. The van der Waals surface area contributed by atoms with E-state index in [9.17, 15) is 9.59 Å². The topological polar surface area (TPSA) is 76.5 Å². The number of nitrogens with zero attached hydrogens (tertiary/aromatic N) is 3. The number of ether oxygens (including phenoxy) is 1. The molecule has 1 aromatic carbocycles. The standard InChI is InChI=1S/C21H26N4O3/c1-28-14-11-22-20(26)18-17-10-4-5-12-24(17)19(23-18)21(27)25-13-6-8-15-7-2-3-9-16(15)25/h2-3,7,9H,4-6,8,10-14H2,1H3,(H,22,26). The third-order valence-corrected chi connectivity index (χ3v) is 5.47. The van der Waals surface area contributed by atoms with Crippen molar-refractivity contribution in [3.05, 3.63) is 47.0 Å². The number of amides is 2. The zero-order valence-electron chi connectivity index (χ0n) is 16.2. The Morgan fingerprint density at radius 1 is 1.14 bits per heavy atom. The second-order valence-corrected chi connectivity index (χ2v) is 7.28. The Bertz CT molecular complexity index is 890. The third-order valence-electron chi connectivity index (χ3n) is 5.47. The van der Waals surface area contributed by atoms with Gasteiger partial charge in [-0.2, -0.15) is 0 Å². The summed E-state index contributed by atoms with van der Waals surface area (Å²) >= 11 is 0. The number of aryl methyl sites for hydroxylation is 1. The van der Waals surface area contributed by atoms with Crippen molar-refractivity contribution in [2.75, 3.05) is 31.7 Å². The van der Waals surface area contributed by atoms with Crippen LogP contribution in [0.25, 0.3) is 0 Å². The molecule has 2 aliphatic heterocycles. The fraction of sp³-hybridized carbons (Fsp3) is 0.476. The van der Waals surface area contributed by atoms with E-state index in [1.165, 1.54) is 5.56 Å². The average Bonchev–Trinajstić information content (AvgIpc) is 3.13. The summed E-state index contributed by atoms with van der Waals surface area (Å²) in [5.74, 6) is 0.0235. The van der Waals surface area contributed by atoms with Crippen LogP contribution in [0.15, 0.2) is 24.3 Å². The quantitative estimate of drug-likeness (QED) is 0.805. The van der Waals surface area contributed by atoms with Crippen molar-refractivity contribution in [3.63, 3.8) is 0 Å². The van der Waals surface area contributed by atoms with Gasteiger partial charge in [0, 0.05) is 32.4 Å². The third kappa shape index (κ3) is 3.42. The van der Waals surface area contributed by atoms with E-state index >= 15 is 0 Å². The van der Waals surface area contributed by atoms with Crippen LogP contribution in [0.1, 0.15) is 51.6 Å². The van der Waals surface area contributed by atoms with Gasteiger partial charge in [0.25, 0.3) is 11.8 Å². The van der Waals surface area contributed by atoms with Gasteiger partial charge in [-0.1, -0.05) is 18.2 Å². The molecule has 0 fully saturated rings. The number of fused-ring (bicyclic) bond motifs is 2. The Morgan fingerprint density at radius 2 is 2.00 bits per heavy atom. The van der Waals surface area contributed by atoms with Gasteiger partial charge in [0.1, 0.15) is 5.69 Å². The zero-order chi connectivity index (χ0) is 19.5. The van der Waals surface area contributed by atoms with Crippen LogP contribution in [0, 0.1) is 0 Å². The van der Waals surface area contributed by atoms with Gasteiger partial charge >= 0.3 is 0 Å². The molecule has 1 N–H and O–H groups in total. The van der Waals surface area contributed by atoms with E-state index in [-0.39, 0.29) is 11.8 Å². The largest absolute Gasteiger partial charge is 0.383 e. The molecule has 0 radical (unpaired) electrons. The minimum atomic E-state index is -0.235. The second kappa shape index (κ2) is 8.14. The molecular formula is C21H26N4O3. The number of carbonyl (C=O) groups excluding carboxylic acids is 2. The monoisotopic (exact) mass is 382 g/mol. The molecule has 3 heterocycles. The first-order valence-electron chi connectivity index (χ1n) is 9.97. The van der Waals surface area contributed by atoms with Gasteiger partial charge in [0.2, 0.25) is 5.82 Å². The highest BCUT2D eigenvalue weighted by Gasteiger charge is 2.31. The van der Waals surface area contributed by atoms with E-state index in [1.54, 1.807) is 7.11 Å². The molecule has 7 nitrogen and oxygen atoms in total. The summed E-state index contributed by atoms with van der Waals surface area (Å²) in [6.07, 6.45) is 4.67. The molecule has 0 atom stereocenters. The van der Waals surface area contributed by atoms with E-state index in [4.69, 9.17) is 4.74 Å². The van der Waals surface area contributed by atoms with Crippen LogP contribution in [0.2, 0.25) is 0 Å². The normalized spacial score (nSPS) is 15.7. The Morgan fingerprint density at radius 3 is 2.86 bits per heavy atom. The minimum Gasteiger partial charge on any atom is -0.383 e. The van der Waals surface area contributed by atoms with E-state index < -0.39 is 0 Å². The van der Waals surface area contributed by atoms with Gasteiger partial charge in [-0.15, -0.1) is 0 Å². The first kappa shape index (κ1) is 18.7. The molecule has 7 heteroatoms. The molecule has 28 heavy (non-hydrogen) atoms. The zero-order valence-corrected chi connectivity index (χ0v) is 16.2. The molecule has 1 aromatic heterocycles. The van der Waals surface area contributed by atoms with Crippen molar-refractivity contribution in [3.8, 4) is 0 Å². The van der Waals surface area contributed by atoms with Crippen LogP contribution in [-0.2, 0) is 24.1 Å². The predicted molar refractivity (Wildman–Crippen MR) is 106 cm³/mol. The van der Waals surface area contributed by atoms with Crippen molar-refractivity contribution in [2.45, 2.75) is 38.6 Å². The summed E-state index contributed by atoms with van der Waals surface area (Å²) in [4.78, 5) is 32.4. The molecule has 0 saturated heterocycles. The lowest BCUT2D eigenvalue weighted by molar-refractivity contribution is 0.0931. The molecule has 0 unspecified atom stereocenters. The number of hydrogen-bond donors (Lipinski definition) is 1. The molecule has 0 aliphatic carbocycles. The fourth-order valence-electron chi connectivity index (χ4n) is 4.10. The van der Waals surface area contributed by atoms with Crippen LogP contribution in [0.4, 0.5) is 5.69 Å². The van der Waals surface area contributed by atoms with Crippen LogP contribution in [0.5, 0.6) is 0 Å². The van der Waals surface area contributed by atoms with Crippen LogP contribution >= 0.6 is 0 Å². The van der Waals surface area contributed by atoms with Crippen molar-refractivity contribution in [1.82, 2.24) is 14.9 Å². The maximum Gasteiger partial charge on any atom is 0.294 e. The SMILES string of the molecule is COCCNC(=O)c1nc(C(=O)N2CCCc3ccccc32)n2c1CCCC2. The number of para-hydroxylation sites is 1. The van der Waals surface area contributed by atoms with Crippen LogP contribution in [0.3, 0.4) is 0 Å². The lowest BCUT2D eigenvalue weighted by Gasteiger charge is -2.29. The van der Waals surface area contributed by atoms with Gasteiger partial charge in [0.15, 0.2) is 0 Å². The molecule has 148 valence electrons. The summed E-state index contributed by atoms with van der Waals surface area (Å²) in [5, 5.41) is 2.83. The molecule has 0 spiro atoms. The average molecular weight is 382 g/mol. The Labute approximate surface area is 164 Å². The summed E-state index contributed by atoms with van der Waals surface area (Å²) in [5.41, 5.74) is 3.39. The Kier molecular flexibility index (Phi) is 5.43. The van der Waals surface area contributed by atoms with E-state index in [2.05, 4.69) is 16.4 Å². The number of rotatable bonds is 5. The summed E-state index contributed by atoms with van der Waals surface area (Å²) < 4.78 is 6.95. The number of anilines is 1. The van der Waals surface area contributed by atoms with Gasteiger partial charge in [-0.3, -0.25) is 9.59 Å². The van der Waals surface area contributed by atoms with Crippen LogP contribution in [-0.4, -0.2) is 48.2 Å². The van der Waals surface area contributed by atoms with E-state index in [0.717, 1.165) is 50.0 Å². The first-order valence-corrected chi connectivity index (χ1v) is 9.97. The number of aromatic nitrogens is 2. The van der Waals surface area contributed by atoms with Gasteiger partial charge in [-0.05, 0) is 43.7 Å². The highest BCUT2D eigenvalue weighted by atomic mass is 16.5. The maximum absolute atomic E-state index is 13.4. The molecule has 2 aromatic rings. The Balaban J connectivity index is 1.67. The highest BCUT2D eigenvalue weighted by Crippen LogP contribution is 2.29. The smallest absolute Gasteiger partial charge is 0.294 e. The van der Waals surface area contributed by atoms with E-state index in [1.807, 2.05) is 27.7 Å². The lowest BCUT2D eigenvalue weighted by Crippen LogP contribution is -2.37. The minimum absolute atomic E-state index is 0.119. The van der Waals surface area contributed by atoms with E-state index in [0.29, 0.717) is 31.2 Å². The van der Waals surface area contributed by atoms with Crippen molar-refractivity contribution < 1.29 is 14.3 Å². The number of nitrogens with one attached hydrogen (secondary N) is 1. The first-order chi connectivity index (χ1) is 13.7. The number of benzene rings is 1. The molecule has 0 bridgehead atoms. The number of imidazole rings is 1. The molecule has 0 saturated carbocycles. The Hall–Kier alpha value is -2.67. The fourth-order valence-corrected chi connectivity index (χ4v) is 4.10. The van der Waals surface area contributed by atoms with Crippen molar-refractivity contribution in [2.24, 2.45) is 0 Å². The lowest BCUT2D eigenvalue weighted by atomic mass is 10.0. The summed E-state index contributed by atoms with van der Waals surface area (Å²) in [7, 11) is 1.60. The predicted octanol–water partition coefficient (Wildman–Crippen LogP) is 2.19. The summed E-state index contributed by atoms with van der Waals surface area (Å²) in [6, 6.07) is 8.03. The molecule has 2 amide bonds. The summed E-state index contributed by atoms with van der Waals surface area (Å²) in [6.45, 7) is 2.26. The number of methoxy groups -OCH3 is 1. The van der Waals surface area contributed by atoms with Gasteiger partial charge < -0.3 is 19.5 Å². The highest BCUT2D eigenvalue weighted by molar-refractivity contribution is 6.06. The van der Waals surface area contributed by atoms with Crippen molar-refractivity contribution in [1.29, 1.82) is 0 Å². The van der Waals surface area contributed by atoms with Crippen molar-refractivity contribution >= 4 is 17.5 Å². The molecule has 2 aliphatic rings. The number of hydrogen-bond acceptors (Lipinski definition) is 4. The second-order valence-electron chi connectivity index (χ2n) is 7.28.